The predicted molar refractivity (Wildman–Crippen MR) is 93.4 cm³/mol. The van der Waals surface area contributed by atoms with Gasteiger partial charge in [-0.15, -0.1) is 0 Å². The summed E-state index contributed by atoms with van der Waals surface area (Å²) in [5, 5.41) is 3.01. The van der Waals surface area contributed by atoms with Crippen LogP contribution in [0.15, 0.2) is 24.3 Å². The summed E-state index contributed by atoms with van der Waals surface area (Å²) in [6, 6.07) is 8.52. The van der Waals surface area contributed by atoms with Crippen LogP contribution in [0.25, 0.3) is 0 Å². The Balaban J connectivity index is 1.39. The fourth-order valence-electron chi connectivity index (χ4n) is 3.61. The Morgan fingerprint density at radius 2 is 2.12 bits per heavy atom. The second kappa shape index (κ2) is 7.79. The first-order valence-electron chi connectivity index (χ1n) is 8.93. The first kappa shape index (κ1) is 17.0. The van der Waals surface area contributed by atoms with Crippen LogP contribution in [0.5, 0.6) is 0 Å². The van der Waals surface area contributed by atoms with E-state index in [1.807, 2.05) is 0 Å². The molecule has 2 fully saturated rings. The van der Waals surface area contributed by atoms with Crippen LogP contribution in [0, 0.1) is 12.8 Å². The van der Waals surface area contributed by atoms with Crippen molar-refractivity contribution in [1.82, 2.24) is 15.1 Å². The number of nitrogens with zero attached hydrogens (tertiary/aromatic N) is 2. The minimum atomic E-state index is -0.0254. The van der Waals surface area contributed by atoms with E-state index >= 15 is 0 Å². The van der Waals surface area contributed by atoms with Crippen molar-refractivity contribution in [3.05, 3.63) is 35.4 Å². The second-order valence-corrected chi connectivity index (χ2v) is 7.04. The zero-order valence-electron chi connectivity index (χ0n) is 14.5. The smallest absolute Gasteiger partial charge is 0.239 e. The van der Waals surface area contributed by atoms with Crippen LogP contribution in [-0.2, 0) is 16.1 Å². The van der Waals surface area contributed by atoms with Gasteiger partial charge in [0.25, 0.3) is 0 Å². The summed E-state index contributed by atoms with van der Waals surface area (Å²) in [6.07, 6.45) is 2.58. The number of benzene rings is 1. The number of carbonyl (C=O) groups is 2. The van der Waals surface area contributed by atoms with Gasteiger partial charge in [0.15, 0.2) is 0 Å². The third-order valence-corrected chi connectivity index (χ3v) is 5.12. The van der Waals surface area contributed by atoms with Gasteiger partial charge in [-0.1, -0.05) is 24.3 Å². The average molecular weight is 329 g/mol. The maximum atomic E-state index is 12.0. The molecule has 0 aliphatic carbocycles. The van der Waals surface area contributed by atoms with Crippen molar-refractivity contribution in [2.45, 2.75) is 32.7 Å². The van der Waals surface area contributed by atoms with E-state index < -0.39 is 0 Å². The Bertz CT molecular complexity index is 602. The third-order valence-electron chi connectivity index (χ3n) is 5.12. The number of aryl methyl sites for hydroxylation is 1. The van der Waals surface area contributed by atoms with Crippen LogP contribution in [0.2, 0.25) is 0 Å². The molecule has 2 aliphatic heterocycles. The normalized spacial score (nSPS) is 21.5. The van der Waals surface area contributed by atoms with Crippen LogP contribution in [-0.4, -0.2) is 54.3 Å². The van der Waals surface area contributed by atoms with E-state index in [-0.39, 0.29) is 18.4 Å². The monoisotopic (exact) mass is 329 g/mol. The van der Waals surface area contributed by atoms with Gasteiger partial charge in [-0.05, 0) is 43.4 Å². The number of hydrogen-bond donors (Lipinski definition) is 1. The summed E-state index contributed by atoms with van der Waals surface area (Å²) < 4.78 is 0. The van der Waals surface area contributed by atoms with Crippen molar-refractivity contribution in [2.24, 2.45) is 5.92 Å². The first-order chi connectivity index (χ1) is 11.6. The molecule has 2 aliphatic rings. The molecule has 0 bridgehead atoms. The molecule has 5 heteroatoms. The molecular weight excluding hydrogens is 302 g/mol. The van der Waals surface area contributed by atoms with Crippen LogP contribution in [0.1, 0.15) is 30.4 Å². The minimum Gasteiger partial charge on any atom is -0.354 e. The van der Waals surface area contributed by atoms with Crippen molar-refractivity contribution in [1.29, 1.82) is 0 Å². The van der Waals surface area contributed by atoms with E-state index in [0.29, 0.717) is 18.9 Å². The molecule has 2 saturated heterocycles. The van der Waals surface area contributed by atoms with Crippen molar-refractivity contribution < 1.29 is 9.59 Å². The van der Waals surface area contributed by atoms with Gasteiger partial charge < -0.3 is 10.2 Å². The Hall–Kier alpha value is -1.88. The van der Waals surface area contributed by atoms with Crippen molar-refractivity contribution in [3.63, 3.8) is 0 Å². The molecule has 1 atom stereocenters. The van der Waals surface area contributed by atoms with E-state index in [0.717, 1.165) is 39.0 Å². The van der Waals surface area contributed by atoms with Crippen molar-refractivity contribution in [3.8, 4) is 0 Å². The van der Waals surface area contributed by atoms with Gasteiger partial charge in [-0.3, -0.25) is 14.5 Å². The van der Waals surface area contributed by atoms with E-state index in [4.69, 9.17) is 0 Å². The number of likely N-dealkylation sites (tertiary alicyclic amines) is 2. The second-order valence-electron chi connectivity index (χ2n) is 7.04. The highest BCUT2D eigenvalue weighted by Gasteiger charge is 2.25. The lowest BCUT2D eigenvalue weighted by atomic mass is 10.1. The van der Waals surface area contributed by atoms with Crippen LogP contribution < -0.4 is 5.32 Å². The molecule has 1 N–H and O–H groups in total. The first-order valence-corrected chi connectivity index (χ1v) is 8.93. The van der Waals surface area contributed by atoms with Crippen molar-refractivity contribution >= 4 is 11.8 Å². The lowest BCUT2D eigenvalue weighted by Gasteiger charge is -2.18. The topological polar surface area (TPSA) is 52.7 Å². The molecule has 0 unspecified atom stereocenters. The van der Waals surface area contributed by atoms with E-state index in [1.165, 1.54) is 11.1 Å². The highest BCUT2D eigenvalue weighted by atomic mass is 16.2. The lowest BCUT2D eigenvalue weighted by Crippen LogP contribution is -2.40. The van der Waals surface area contributed by atoms with E-state index in [9.17, 15) is 9.59 Å². The van der Waals surface area contributed by atoms with Gasteiger partial charge in [0.1, 0.15) is 0 Å². The van der Waals surface area contributed by atoms with Gasteiger partial charge >= 0.3 is 0 Å². The van der Waals surface area contributed by atoms with Crippen molar-refractivity contribution in [2.75, 3.05) is 32.7 Å². The van der Waals surface area contributed by atoms with E-state index in [1.54, 1.807) is 4.90 Å². The molecule has 0 radical (unpaired) electrons. The average Bonchev–Trinajstić information content (AvgIpc) is 3.17. The highest BCUT2D eigenvalue weighted by Crippen LogP contribution is 2.19. The molecule has 1 aromatic rings. The van der Waals surface area contributed by atoms with Crippen LogP contribution in [0.3, 0.4) is 0 Å². The molecule has 2 heterocycles. The zero-order chi connectivity index (χ0) is 16.9. The van der Waals surface area contributed by atoms with Crippen LogP contribution >= 0.6 is 0 Å². The number of carbonyl (C=O) groups excluding carboxylic acids is 2. The molecule has 0 spiro atoms. The van der Waals surface area contributed by atoms with Gasteiger partial charge in [0.05, 0.1) is 6.54 Å². The Kier molecular flexibility index (Phi) is 5.51. The summed E-state index contributed by atoms with van der Waals surface area (Å²) in [5.41, 5.74) is 2.72. The molecule has 3 rings (SSSR count). The molecule has 0 aromatic heterocycles. The third kappa shape index (κ3) is 4.35. The zero-order valence-corrected chi connectivity index (χ0v) is 14.5. The van der Waals surface area contributed by atoms with Gasteiger partial charge in [0, 0.05) is 32.6 Å². The highest BCUT2D eigenvalue weighted by molar-refractivity contribution is 5.85. The molecule has 1 aromatic carbocycles. The SMILES string of the molecule is Cc1ccccc1CN1CC[C@H](CNC(=O)CN2CCCC2=O)C1. The van der Waals surface area contributed by atoms with Crippen LogP contribution in [0.4, 0.5) is 0 Å². The molecule has 2 amide bonds. The van der Waals surface area contributed by atoms with Gasteiger partial charge in [-0.2, -0.15) is 0 Å². The predicted octanol–water partition coefficient (Wildman–Crippen LogP) is 1.56. The fourth-order valence-corrected chi connectivity index (χ4v) is 3.61. The summed E-state index contributed by atoms with van der Waals surface area (Å²) in [6.45, 7) is 6.91. The number of amides is 2. The standard InChI is InChI=1S/C19H27N3O2/c1-15-5-2-3-6-17(15)13-21-10-8-16(12-21)11-20-18(23)14-22-9-4-7-19(22)24/h2-3,5-6,16H,4,7-14H2,1H3,(H,20,23)/t16-/m1/s1. The molecular formula is C19H27N3O2. The fraction of sp³-hybridized carbons (Fsp3) is 0.579. The quantitative estimate of drug-likeness (QED) is 0.862. The van der Waals surface area contributed by atoms with Gasteiger partial charge in [0.2, 0.25) is 11.8 Å². The maximum absolute atomic E-state index is 12.0. The largest absolute Gasteiger partial charge is 0.354 e. The Labute approximate surface area is 144 Å². The summed E-state index contributed by atoms with van der Waals surface area (Å²) in [4.78, 5) is 27.7. The number of hydrogen-bond acceptors (Lipinski definition) is 3. The van der Waals surface area contributed by atoms with Gasteiger partial charge in [-0.25, -0.2) is 0 Å². The Morgan fingerprint density at radius 1 is 1.29 bits per heavy atom. The maximum Gasteiger partial charge on any atom is 0.239 e. The minimum absolute atomic E-state index is 0.0254. The molecule has 5 nitrogen and oxygen atoms in total. The van der Waals surface area contributed by atoms with E-state index in [2.05, 4.69) is 41.4 Å². The number of rotatable bonds is 6. The molecule has 0 saturated carbocycles. The summed E-state index contributed by atoms with van der Waals surface area (Å²) in [5.74, 6) is 0.588. The lowest BCUT2D eigenvalue weighted by molar-refractivity contribution is -0.133. The summed E-state index contributed by atoms with van der Waals surface area (Å²) >= 11 is 0. The molecule has 24 heavy (non-hydrogen) atoms. The summed E-state index contributed by atoms with van der Waals surface area (Å²) in [7, 11) is 0. The molecule has 130 valence electrons. The Morgan fingerprint density at radius 3 is 2.88 bits per heavy atom. The number of nitrogens with one attached hydrogen (secondary N) is 1.